The van der Waals surface area contributed by atoms with Crippen LogP contribution in [0, 0.1) is 0 Å². The summed E-state index contributed by atoms with van der Waals surface area (Å²) in [4.78, 5) is 0. The predicted molar refractivity (Wildman–Crippen MR) is 81.6 cm³/mol. The fourth-order valence-corrected chi connectivity index (χ4v) is 2.66. The Balaban J connectivity index is 2.60. The molecular weight excluding hydrogens is 291 g/mol. The summed E-state index contributed by atoms with van der Waals surface area (Å²) in [6.07, 6.45) is 7.43. The SMILES string of the molecule is CCCCCCC(CCCCCC)c1cn(C(F)(F)F)nn1. The standard InChI is InChI=1S/C16H28F3N3/c1-3-5-7-9-11-14(12-10-8-6-4-2)15-13-22(21-20-15)16(17,18)19/h13-14H,3-12H2,1-2H3. The second kappa shape index (κ2) is 9.85. The third-order valence-electron chi connectivity index (χ3n) is 4.00. The van der Waals surface area contributed by atoms with Gasteiger partial charge >= 0.3 is 6.30 Å². The quantitative estimate of drug-likeness (QED) is 0.484. The van der Waals surface area contributed by atoms with E-state index in [1.165, 1.54) is 12.8 Å². The monoisotopic (exact) mass is 319 g/mol. The Kier molecular flexibility index (Phi) is 8.49. The Morgan fingerprint density at radius 1 is 0.955 bits per heavy atom. The van der Waals surface area contributed by atoms with Gasteiger partial charge in [0, 0.05) is 5.92 Å². The lowest BCUT2D eigenvalue weighted by atomic mass is 9.92. The minimum absolute atomic E-state index is 0.0212. The largest absolute Gasteiger partial charge is 0.505 e. The number of unbranched alkanes of at least 4 members (excludes halogenated alkanes) is 6. The molecule has 0 spiro atoms. The number of rotatable bonds is 11. The minimum atomic E-state index is -4.47. The molecule has 0 N–H and O–H groups in total. The van der Waals surface area contributed by atoms with Crippen LogP contribution in [0.25, 0.3) is 0 Å². The summed E-state index contributed by atoms with van der Waals surface area (Å²) in [7, 11) is 0. The number of hydrogen-bond acceptors (Lipinski definition) is 2. The van der Waals surface area contributed by atoms with Gasteiger partial charge in [-0.15, -0.1) is 18.3 Å². The molecule has 3 nitrogen and oxygen atoms in total. The molecule has 0 saturated heterocycles. The number of nitrogens with zero attached hydrogens (tertiary/aromatic N) is 3. The zero-order valence-corrected chi connectivity index (χ0v) is 13.7. The van der Waals surface area contributed by atoms with Crippen LogP contribution in [-0.2, 0) is 6.30 Å². The fourth-order valence-electron chi connectivity index (χ4n) is 2.66. The van der Waals surface area contributed by atoms with Gasteiger partial charge in [0.05, 0.1) is 11.9 Å². The highest BCUT2D eigenvalue weighted by atomic mass is 19.4. The van der Waals surface area contributed by atoms with Crippen molar-refractivity contribution in [3.05, 3.63) is 11.9 Å². The van der Waals surface area contributed by atoms with Crippen molar-refractivity contribution in [2.24, 2.45) is 0 Å². The molecule has 0 aromatic carbocycles. The minimum Gasteiger partial charge on any atom is -0.158 e. The molecule has 0 saturated carbocycles. The van der Waals surface area contributed by atoms with E-state index in [4.69, 9.17) is 0 Å². The summed E-state index contributed by atoms with van der Waals surface area (Å²) < 4.78 is 37.9. The number of alkyl halides is 3. The molecule has 1 heterocycles. The van der Waals surface area contributed by atoms with Gasteiger partial charge in [0.1, 0.15) is 0 Å². The first kappa shape index (κ1) is 19.0. The van der Waals surface area contributed by atoms with Crippen molar-refractivity contribution in [2.75, 3.05) is 0 Å². The molecule has 1 aromatic heterocycles. The van der Waals surface area contributed by atoms with E-state index in [1.54, 1.807) is 0 Å². The van der Waals surface area contributed by atoms with Crippen LogP contribution in [0.2, 0.25) is 0 Å². The number of halogens is 3. The first-order chi connectivity index (χ1) is 10.5. The van der Waals surface area contributed by atoms with Crippen LogP contribution in [0.5, 0.6) is 0 Å². The molecule has 0 fully saturated rings. The van der Waals surface area contributed by atoms with E-state index in [9.17, 15) is 13.2 Å². The molecule has 1 aromatic rings. The van der Waals surface area contributed by atoms with Crippen molar-refractivity contribution in [3.63, 3.8) is 0 Å². The molecule has 0 unspecified atom stereocenters. The molecule has 0 aliphatic heterocycles. The molecule has 0 bridgehead atoms. The maximum Gasteiger partial charge on any atom is 0.505 e. The van der Waals surface area contributed by atoms with E-state index >= 15 is 0 Å². The van der Waals surface area contributed by atoms with Gasteiger partial charge in [0.25, 0.3) is 0 Å². The normalized spacial score (nSPS) is 12.3. The molecule has 0 aliphatic carbocycles. The third kappa shape index (κ3) is 6.79. The van der Waals surface area contributed by atoms with Crippen molar-refractivity contribution in [1.82, 2.24) is 15.0 Å². The van der Waals surface area contributed by atoms with E-state index in [0.29, 0.717) is 5.69 Å². The Morgan fingerprint density at radius 2 is 1.50 bits per heavy atom. The molecular formula is C16H28F3N3. The number of hydrogen-bond donors (Lipinski definition) is 0. The van der Waals surface area contributed by atoms with E-state index in [-0.39, 0.29) is 10.6 Å². The summed E-state index contributed by atoms with van der Waals surface area (Å²) in [6.45, 7) is 4.30. The lowest BCUT2D eigenvalue weighted by Crippen LogP contribution is -2.17. The second-order valence-electron chi connectivity index (χ2n) is 5.95. The smallest absolute Gasteiger partial charge is 0.158 e. The Bertz CT molecular complexity index is 390. The van der Waals surface area contributed by atoms with Crippen molar-refractivity contribution >= 4 is 0 Å². The van der Waals surface area contributed by atoms with Crippen molar-refractivity contribution < 1.29 is 13.2 Å². The first-order valence-electron chi connectivity index (χ1n) is 8.48. The maximum absolute atomic E-state index is 12.6. The average molecular weight is 319 g/mol. The van der Waals surface area contributed by atoms with E-state index < -0.39 is 6.30 Å². The molecule has 0 radical (unpaired) electrons. The highest BCUT2D eigenvalue weighted by Crippen LogP contribution is 2.29. The predicted octanol–water partition coefficient (Wildman–Crippen LogP) is 5.78. The van der Waals surface area contributed by atoms with Gasteiger partial charge in [0.15, 0.2) is 0 Å². The summed E-state index contributed by atoms with van der Waals surface area (Å²) in [5.74, 6) is 0.102. The average Bonchev–Trinajstić information content (AvgIpc) is 2.95. The van der Waals surface area contributed by atoms with Crippen molar-refractivity contribution in [1.29, 1.82) is 0 Å². The Labute approximate surface area is 131 Å². The summed E-state index contributed by atoms with van der Waals surface area (Å²) >= 11 is 0. The summed E-state index contributed by atoms with van der Waals surface area (Å²) in [5, 5.41) is 7.01. The first-order valence-corrected chi connectivity index (χ1v) is 8.48. The van der Waals surface area contributed by atoms with Crippen LogP contribution in [0.3, 0.4) is 0 Å². The Hall–Kier alpha value is -1.07. The Morgan fingerprint density at radius 3 is 1.91 bits per heavy atom. The van der Waals surface area contributed by atoms with Gasteiger partial charge in [-0.05, 0) is 12.8 Å². The van der Waals surface area contributed by atoms with E-state index in [2.05, 4.69) is 24.2 Å². The third-order valence-corrected chi connectivity index (χ3v) is 4.00. The molecule has 0 atom stereocenters. The molecule has 0 aliphatic rings. The van der Waals surface area contributed by atoms with Gasteiger partial charge < -0.3 is 0 Å². The highest BCUT2D eigenvalue weighted by Gasteiger charge is 2.33. The number of aromatic nitrogens is 3. The maximum atomic E-state index is 12.6. The van der Waals surface area contributed by atoms with Crippen LogP contribution in [0.4, 0.5) is 13.2 Å². The molecule has 22 heavy (non-hydrogen) atoms. The zero-order valence-electron chi connectivity index (χ0n) is 13.7. The molecule has 6 heteroatoms. The van der Waals surface area contributed by atoms with Gasteiger partial charge in [-0.1, -0.05) is 70.4 Å². The highest BCUT2D eigenvalue weighted by molar-refractivity contribution is 5.02. The summed E-state index contributed by atoms with van der Waals surface area (Å²) in [5.41, 5.74) is 0.491. The molecule has 1 rings (SSSR count). The van der Waals surface area contributed by atoms with Gasteiger partial charge in [0.2, 0.25) is 0 Å². The van der Waals surface area contributed by atoms with E-state index in [1.807, 2.05) is 0 Å². The van der Waals surface area contributed by atoms with Crippen LogP contribution in [0.1, 0.15) is 89.7 Å². The van der Waals surface area contributed by atoms with Gasteiger partial charge in [-0.2, -0.15) is 4.68 Å². The van der Waals surface area contributed by atoms with Crippen LogP contribution < -0.4 is 0 Å². The van der Waals surface area contributed by atoms with Crippen LogP contribution >= 0.6 is 0 Å². The van der Waals surface area contributed by atoms with Crippen molar-refractivity contribution in [2.45, 2.75) is 90.3 Å². The summed E-state index contributed by atoms with van der Waals surface area (Å²) in [6, 6.07) is 0. The van der Waals surface area contributed by atoms with Crippen molar-refractivity contribution in [3.8, 4) is 0 Å². The second-order valence-corrected chi connectivity index (χ2v) is 5.95. The van der Waals surface area contributed by atoms with Crippen LogP contribution in [0.15, 0.2) is 6.20 Å². The zero-order chi connectivity index (χ0) is 16.4. The van der Waals surface area contributed by atoms with E-state index in [0.717, 1.165) is 57.6 Å². The topological polar surface area (TPSA) is 30.7 Å². The van der Waals surface area contributed by atoms with Gasteiger partial charge in [-0.3, -0.25) is 0 Å². The van der Waals surface area contributed by atoms with Gasteiger partial charge in [-0.25, -0.2) is 0 Å². The fraction of sp³-hybridized carbons (Fsp3) is 0.875. The molecule has 128 valence electrons. The molecule has 0 amide bonds. The lowest BCUT2D eigenvalue weighted by Gasteiger charge is -2.14. The van der Waals surface area contributed by atoms with Crippen LogP contribution in [-0.4, -0.2) is 15.0 Å². The lowest BCUT2D eigenvalue weighted by molar-refractivity contribution is -0.213.